The van der Waals surface area contributed by atoms with Gasteiger partial charge < -0.3 is 10.1 Å². The number of alkyl halides is 3. The van der Waals surface area contributed by atoms with Gasteiger partial charge in [-0.25, -0.2) is 4.79 Å². The van der Waals surface area contributed by atoms with E-state index in [0.29, 0.717) is 10.6 Å². The lowest BCUT2D eigenvalue weighted by Crippen LogP contribution is -2.36. The Bertz CT molecular complexity index is 646. The number of nitrogens with zero attached hydrogens (tertiary/aromatic N) is 1. The van der Waals surface area contributed by atoms with Crippen molar-refractivity contribution in [2.75, 3.05) is 0 Å². The molecule has 4 nitrogen and oxygen atoms in total. The molecule has 108 valence electrons. The molecule has 0 aliphatic carbocycles. The fraction of sp³-hybridized carbons (Fsp3) is 0.250. The second-order valence-electron chi connectivity index (χ2n) is 4.15. The van der Waals surface area contributed by atoms with Crippen molar-refractivity contribution in [2.45, 2.75) is 18.8 Å². The van der Waals surface area contributed by atoms with E-state index in [-0.39, 0.29) is 5.69 Å². The Morgan fingerprint density at radius 2 is 1.90 bits per heavy atom. The molecule has 1 atom stereocenters. The monoisotopic (exact) mass is 306 g/mol. The summed E-state index contributed by atoms with van der Waals surface area (Å²) in [4.78, 5) is 13.8. The van der Waals surface area contributed by atoms with Crippen LogP contribution in [0.4, 0.5) is 13.2 Å². The molecule has 0 unspecified atom stereocenters. The van der Waals surface area contributed by atoms with Crippen LogP contribution in [0.1, 0.15) is 0 Å². The number of imidazole rings is 1. The summed E-state index contributed by atoms with van der Waals surface area (Å²) >= 11 is 5.72. The average molecular weight is 307 g/mol. The largest absolute Gasteiger partial charge is 0.416 e. The minimum Gasteiger partial charge on any atom is -0.382 e. The van der Waals surface area contributed by atoms with Gasteiger partial charge in [-0.2, -0.15) is 13.2 Å². The van der Waals surface area contributed by atoms with Crippen molar-refractivity contribution in [1.29, 1.82) is 0 Å². The SMILES string of the molecule is O=c1[nH]cc(-c2ccc(Cl)cc2)n1C[C@H](O)C(F)(F)F. The van der Waals surface area contributed by atoms with E-state index in [1.54, 1.807) is 24.3 Å². The third kappa shape index (κ3) is 3.05. The first-order valence-corrected chi connectivity index (χ1v) is 5.96. The van der Waals surface area contributed by atoms with Gasteiger partial charge >= 0.3 is 11.9 Å². The number of benzene rings is 1. The van der Waals surface area contributed by atoms with E-state index in [4.69, 9.17) is 16.7 Å². The summed E-state index contributed by atoms with van der Waals surface area (Å²) in [6.45, 7) is -0.871. The molecule has 2 aromatic rings. The molecule has 0 aliphatic heterocycles. The number of aliphatic hydroxyl groups is 1. The Morgan fingerprint density at radius 3 is 2.45 bits per heavy atom. The van der Waals surface area contributed by atoms with Crippen molar-refractivity contribution in [3.8, 4) is 11.3 Å². The van der Waals surface area contributed by atoms with Crippen LogP contribution in [0.3, 0.4) is 0 Å². The summed E-state index contributed by atoms with van der Waals surface area (Å²) in [6.07, 6.45) is -6.11. The highest BCUT2D eigenvalue weighted by molar-refractivity contribution is 6.30. The van der Waals surface area contributed by atoms with E-state index in [0.717, 1.165) is 4.57 Å². The van der Waals surface area contributed by atoms with Crippen LogP contribution < -0.4 is 5.69 Å². The molecule has 0 aliphatic rings. The second kappa shape index (κ2) is 5.34. The number of nitrogens with one attached hydrogen (secondary N) is 1. The smallest absolute Gasteiger partial charge is 0.382 e. The van der Waals surface area contributed by atoms with Crippen LogP contribution in [0.5, 0.6) is 0 Å². The maximum Gasteiger partial charge on any atom is 0.416 e. The van der Waals surface area contributed by atoms with Crippen LogP contribution in [0.15, 0.2) is 35.3 Å². The van der Waals surface area contributed by atoms with Gasteiger partial charge in [0, 0.05) is 11.2 Å². The lowest BCUT2D eigenvalue weighted by molar-refractivity contribution is -0.207. The molecule has 0 amide bonds. The molecule has 1 heterocycles. The van der Waals surface area contributed by atoms with Gasteiger partial charge in [0.2, 0.25) is 0 Å². The normalized spacial score (nSPS) is 13.4. The molecule has 0 radical (unpaired) electrons. The molecule has 0 bridgehead atoms. The molecule has 2 N–H and O–H groups in total. The lowest BCUT2D eigenvalue weighted by atomic mass is 10.1. The number of H-pyrrole nitrogens is 1. The third-order valence-electron chi connectivity index (χ3n) is 2.74. The van der Waals surface area contributed by atoms with Crippen molar-refractivity contribution in [2.24, 2.45) is 0 Å². The van der Waals surface area contributed by atoms with Crippen molar-refractivity contribution in [3.05, 3.63) is 46.0 Å². The van der Waals surface area contributed by atoms with Gasteiger partial charge in [0.1, 0.15) is 0 Å². The molecule has 1 aromatic heterocycles. The predicted molar refractivity (Wildman–Crippen MR) is 67.6 cm³/mol. The summed E-state index contributed by atoms with van der Waals surface area (Å²) in [6, 6.07) is 6.25. The van der Waals surface area contributed by atoms with E-state index >= 15 is 0 Å². The average Bonchev–Trinajstić information content (AvgIpc) is 2.71. The molecule has 8 heteroatoms. The zero-order chi connectivity index (χ0) is 14.9. The maximum absolute atomic E-state index is 12.4. The second-order valence-corrected chi connectivity index (χ2v) is 4.59. The van der Waals surface area contributed by atoms with Gasteiger partial charge in [0.15, 0.2) is 6.10 Å². The maximum atomic E-state index is 12.4. The third-order valence-corrected chi connectivity index (χ3v) is 2.99. The summed E-state index contributed by atoms with van der Waals surface area (Å²) in [5, 5.41) is 9.54. The molecule has 0 saturated heterocycles. The standard InChI is InChI=1S/C12H10ClF3N2O2/c13-8-3-1-7(2-4-8)9-5-17-11(20)18(9)6-10(19)12(14,15)16/h1-5,10,19H,6H2,(H,17,20)/t10-/m0/s1. The van der Waals surface area contributed by atoms with Gasteiger partial charge in [0.25, 0.3) is 0 Å². The number of aliphatic hydroxyl groups excluding tert-OH is 1. The van der Waals surface area contributed by atoms with E-state index in [9.17, 15) is 18.0 Å². The number of rotatable bonds is 3. The molecule has 20 heavy (non-hydrogen) atoms. The summed E-state index contributed by atoms with van der Waals surface area (Å²) in [5.41, 5.74) is 0.0374. The van der Waals surface area contributed by atoms with Gasteiger partial charge in [-0.15, -0.1) is 0 Å². The summed E-state index contributed by atoms with van der Waals surface area (Å²) < 4.78 is 37.9. The number of halogens is 4. The van der Waals surface area contributed by atoms with Crippen LogP contribution in [0.2, 0.25) is 5.02 Å². The first-order chi connectivity index (χ1) is 9.29. The van der Waals surface area contributed by atoms with Crippen molar-refractivity contribution < 1.29 is 18.3 Å². The molecule has 0 saturated carbocycles. The first-order valence-electron chi connectivity index (χ1n) is 5.58. The quantitative estimate of drug-likeness (QED) is 0.915. The minimum atomic E-state index is -4.78. The fourth-order valence-electron chi connectivity index (χ4n) is 1.71. The number of aromatic nitrogens is 2. The highest BCUT2D eigenvalue weighted by atomic mass is 35.5. The zero-order valence-electron chi connectivity index (χ0n) is 9.99. The van der Waals surface area contributed by atoms with Gasteiger partial charge in [-0.3, -0.25) is 4.57 Å². The van der Waals surface area contributed by atoms with Crippen molar-refractivity contribution in [1.82, 2.24) is 9.55 Å². The Morgan fingerprint density at radius 1 is 1.30 bits per heavy atom. The van der Waals surface area contributed by atoms with Crippen molar-refractivity contribution in [3.63, 3.8) is 0 Å². The van der Waals surface area contributed by atoms with E-state index in [2.05, 4.69) is 4.98 Å². The Labute approximate surface area is 116 Å². The first kappa shape index (κ1) is 14.7. The molecular formula is C12H10ClF3N2O2. The van der Waals surface area contributed by atoms with Gasteiger partial charge in [0.05, 0.1) is 12.2 Å². The predicted octanol–water partition coefficient (Wildman–Crippen LogP) is 2.42. The Hall–Kier alpha value is -1.73. The van der Waals surface area contributed by atoms with E-state index < -0.39 is 24.5 Å². The lowest BCUT2D eigenvalue weighted by Gasteiger charge is -2.16. The van der Waals surface area contributed by atoms with E-state index in [1.165, 1.54) is 6.20 Å². The van der Waals surface area contributed by atoms with Gasteiger partial charge in [-0.1, -0.05) is 23.7 Å². The van der Waals surface area contributed by atoms with Crippen LogP contribution in [0, 0.1) is 0 Å². The highest BCUT2D eigenvalue weighted by Gasteiger charge is 2.38. The molecule has 1 aromatic carbocycles. The van der Waals surface area contributed by atoms with Crippen molar-refractivity contribution >= 4 is 11.6 Å². The summed E-state index contributed by atoms with van der Waals surface area (Å²) in [7, 11) is 0. The minimum absolute atomic E-state index is 0.245. The summed E-state index contributed by atoms with van der Waals surface area (Å²) in [5.74, 6) is 0. The van der Waals surface area contributed by atoms with Gasteiger partial charge in [-0.05, 0) is 17.7 Å². The molecule has 0 spiro atoms. The number of hydrogen-bond donors (Lipinski definition) is 2. The van der Waals surface area contributed by atoms with Crippen LogP contribution in [-0.4, -0.2) is 26.9 Å². The topological polar surface area (TPSA) is 58.0 Å². The van der Waals surface area contributed by atoms with Crippen LogP contribution >= 0.6 is 11.6 Å². The van der Waals surface area contributed by atoms with E-state index in [1.807, 2.05) is 0 Å². The highest BCUT2D eigenvalue weighted by Crippen LogP contribution is 2.24. The molecule has 0 fully saturated rings. The zero-order valence-corrected chi connectivity index (χ0v) is 10.7. The number of aromatic amines is 1. The Kier molecular flexibility index (Phi) is 3.92. The number of hydrogen-bond acceptors (Lipinski definition) is 2. The Balaban J connectivity index is 2.37. The fourth-order valence-corrected chi connectivity index (χ4v) is 1.84. The molecular weight excluding hydrogens is 297 g/mol. The van der Waals surface area contributed by atoms with Crippen LogP contribution in [0.25, 0.3) is 11.3 Å². The van der Waals surface area contributed by atoms with Crippen LogP contribution in [-0.2, 0) is 6.54 Å². The molecule has 2 rings (SSSR count).